The number of urea groups is 1. The minimum Gasteiger partial charge on any atom is -0.480 e. The van der Waals surface area contributed by atoms with Gasteiger partial charge >= 0.3 is 12.0 Å². The summed E-state index contributed by atoms with van der Waals surface area (Å²) in [4.78, 5) is 22.7. The lowest BCUT2D eigenvalue weighted by Crippen LogP contribution is -2.46. The number of nitrogens with one attached hydrogen (secondary N) is 2. The predicted molar refractivity (Wildman–Crippen MR) is 77.3 cm³/mol. The summed E-state index contributed by atoms with van der Waals surface area (Å²) in [6, 6.07) is 3.93. The zero-order chi connectivity index (χ0) is 14.6. The van der Waals surface area contributed by atoms with Gasteiger partial charge in [-0.2, -0.15) is 0 Å². The molecule has 0 aliphatic heterocycles. The van der Waals surface area contributed by atoms with Crippen LogP contribution in [0.25, 0.3) is 0 Å². The summed E-state index contributed by atoms with van der Waals surface area (Å²) >= 11 is 3.37. The second kappa shape index (κ2) is 6.56. The van der Waals surface area contributed by atoms with E-state index in [2.05, 4.69) is 26.6 Å². The number of aryl methyl sites for hydroxylation is 1. The Bertz CT molecular complexity index is 489. The largest absolute Gasteiger partial charge is 0.480 e. The summed E-state index contributed by atoms with van der Waals surface area (Å²) < 4.78 is 0.948. The third kappa shape index (κ3) is 4.55. The quantitative estimate of drug-likeness (QED) is 0.795. The van der Waals surface area contributed by atoms with Crippen LogP contribution in [0.1, 0.15) is 19.4 Å². The van der Waals surface area contributed by atoms with Crippen LogP contribution in [-0.4, -0.2) is 23.1 Å². The van der Waals surface area contributed by atoms with Crippen LogP contribution in [0.5, 0.6) is 0 Å². The van der Waals surface area contributed by atoms with E-state index in [1.54, 1.807) is 26.0 Å². The minimum atomic E-state index is -1.04. The SMILES string of the molecule is Cc1cc(NC(=O)N[C@@H](C(=O)O)C(C)C)ccc1Br. The summed E-state index contributed by atoms with van der Waals surface area (Å²) in [7, 11) is 0. The lowest BCUT2D eigenvalue weighted by molar-refractivity contribution is -0.140. The molecule has 0 aliphatic rings. The zero-order valence-electron chi connectivity index (χ0n) is 11.0. The topological polar surface area (TPSA) is 78.4 Å². The normalized spacial score (nSPS) is 12.1. The average Bonchev–Trinajstić information content (AvgIpc) is 2.30. The zero-order valence-corrected chi connectivity index (χ0v) is 12.6. The highest BCUT2D eigenvalue weighted by Gasteiger charge is 2.23. The average molecular weight is 329 g/mol. The van der Waals surface area contributed by atoms with Crippen molar-refractivity contribution in [2.75, 3.05) is 5.32 Å². The van der Waals surface area contributed by atoms with Crippen molar-refractivity contribution in [2.45, 2.75) is 26.8 Å². The monoisotopic (exact) mass is 328 g/mol. The van der Waals surface area contributed by atoms with Crippen LogP contribution < -0.4 is 10.6 Å². The molecule has 104 valence electrons. The van der Waals surface area contributed by atoms with Gasteiger partial charge in [-0.3, -0.25) is 0 Å². The Balaban J connectivity index is 2.69. The number of amides is 2. The van der Waals surface area contributed by atoms with E-state index in [-0.39, 0.29) is 5.92 Å². The van der Waals surface area contributed by atoms with E-state index >= 15 is 0 Å². The van der Waals surface area contributed by atoms with E-state index in [0.29, 0.717) is 5.69 Å². The van der Waals surface area contributed by atoms with Crippen LogP contribution in [0.3, 0.4) is 0 Å². The number of aliphatic carboxylic acids is 1. The maximum Gasteiger partial charge on any atom is 0.326 e. The van der Waals surface area contributed by atoms with Gasteiger partial charge in [0.05, 0.1) is 0 Å². The van der Waals surface area contributed by atoms with Gasteiger partial charge in [-0.1, -0.05) is 29.8 Å². The van der Waals surface area contributed by atoms with Crippen LogP contribution in [0.15, 0.2) is 22.7 Å². The van der Waals surface area contributed by atoms with Gasteiger partial charge in [0.25, 0.3) is 0 Å². The molecule has 0 aromatic heterocycles. The minimum absolute atomic E-state index is 0.185. The number of anilines is 1. The molecule has 1 aromatic carbocycles. The van der Waals surface area contributed by atoms with E-state index in [1.807, 2.05) is 13.0 Å². The fraction of sp³-hybridized carbons (Fsp3) is 0.385. The van der Waals surface area contributed by atoms with Crippen molar-refractivity contribution >= 4 is 33.6 Å². The Hall–Kier alpha value is -1.56. The molecule has 0 spiro atoms. The van der Waals surface area contributed by atoms with Gasteiger partial charge in [0.1, 0.15) is 6.04 Å². The molecule has 1 rings (SSSR count). The molecule has 1 aromatic rings. The summed E-state index contributed by atoms with van der Waals surface area (Å²) in [6.45, 7) is 5.38. The first-order chi connectivity index (χ1) is 8.81. The van der Waals surface area contributed by atoms with E-state index in [4.69, 9.17) is 5.11 Å². The first kappa shape index (κ1) is 15.5. The maximum atomic E-state index is 11.7. The number of carboxylic acids is 1. The standard InChI is InChI=1S/C13H17BrN2O3/c1-7(2)11(12(17)18)16-13(19)15-9-4-5-10(14)8(3)6-9/h4-7,11H,1-3H3,(H,17,18)(H2,15,16,19)/t11-/m1/s1. The summed E-state index contributed by atoms with van der Waals surface area (Å²) in [5.41, 5.74) is 1.60. The first-order valence-corrected chi connectivity index (χ1v) is 6.67. The van der Waals surface area contributed by atoms with Crippen molar-refractivity contribution in [3.8, 4) is 0 Å². The maximum absolute atomic E-state index is 11.7. The Morgan fingerprint density at radius 2 is 1.95 bits per heavy atom. The number of hydrogen-bond acceptors (Lipinski definition) is 2. The van der Waals surface area contributed by atoms with E-state index in [1.165, 1.54) is 0 Å². The van der Waals surface area contributed by atoms with E-state index in [0.717, 1.165) is 10.0 Å². The van der Waals surface area contributed by atoms with Gasteiger partial charge in [0, 0.05) is 10.2 Å². The summed E-state index contributed by atoms with van der Waals surface area (Å²) in [6.07, 6.45) is 0. The molecule has 3 N–H and O–H groups in total. The van der Waals surface area contributed by atoms with Crippen LogP contribution in [0.2, 0.25) is 0 Å². The molecule has 0 saturated heterocycles. The third-order valence-electron chi connectivity index (χ3n) is 2.64. The van der Waals surface area contributed by atoms with Gasteiger partial charge in [-0.15, -0.1) is 0 Å². The van der Waals surface area contributed by atoms with Crippen LogP contribution in [-0.2, 0) is 4.79 Å². The predicted octanol–water partition coefficient (Wildman–Crippen LogP) is 2.99. The number of carbonyl (C=O) groups excluding carboxylic acids is 1. The van der Waals surface area contributed by atoms with E-state index < -0.39 is 18.0 Å². The molecule has 5 nitrogen and oxygen atoms in total. The molecule has 0 fully saturated rings. The fourth-order valence-corrected chi connectivity index (χ4v) is 1.79. The number of rotatable bonds is 4. The van der Waals surface area contributed by atoms with Crippen molar-refractivity contribution in [1.82, 2.24) is 5.32 Å². The number of hydrogen-bond donors (Lipinski definition) is 3. The third-order valence-corrected chi connectivity index (χ3v) is 3.52. The molecule has 2 amide bonds. The highest BCUT2D eigenvalue weighted by Crippen LogP contribution is 2.19. The molecule has 1 atom stereocenters. The molecule has 0 heterocycles. The lowest BCUT2D eigenvalue weighted by Gasteiger charge is -2.18. The van der Waals surface area contributed by atoms with Crippen LogP contribution in [0.4, 0.5) is 10.5 Å². The van der Waals surface area contributed by atoms with Crippen molar-refractivity contribution in [2.24, 2.45) is 5.92 Å². The molecule has 0 aliphatic carbocycles. The number of carbonyl (C=O) groups is 2. The lowest BCUT2D eigenvalue weighted by atomic mass is 10.1. The molecular weight excluding hydrogens is 312 g/mol. The molecule has 19 heavy (non-hydrogen) atoms. The molecule has 0 saturated carbocycles. The Morgan fingerprint density at radius 1 is 1.32 bits per heavy atom. The fourth-order valence-electron chi connectivity index (χ4n) is 1.54. The van der Waals surface area contributed by atoms with Gasteiger partial charge < -0.3 is 15.7 Å². The van der Waals surface area contributed by atoms with E-state index in [9.17, 15) is 9.59 Å². The van der Waals surface area contributed by atoms with Gasteiger partial charge in [0.15, 0.2) is 0 Å². The van der Waals surface area contributed by atoms with Crippen molar-refractivity contribution in [1.29, 1.82) is 0 Å². The molecule has 0 unspecified atom stereocenters. The smallest absolute Gasteiger partial charge is 0.326 e. The van der Waals surface area contributed by atoms with Crippen molar-refractivity contribution in [3.63, 3.8) is 0 Å². The van der Waals surface area contributed by atoms with Gasteiger partial charge in [-0.05, 0) is 36.6 Å². The van der Waals surface area contributed by atoms with Crippen molar-refractivity contribution < 1.29 is 14.7 Å². The Kier molecular flexibility index (Phi) is 5.35. The number of carboxylic acid groups (broad SMARTS) is 1. The van der Waals surface area contributed by atoms with Gasteiger partial charge in [-0.25, -0.2) is 9.59 Å². The van der Waals surface area contributed by atoms with Crippen LogP contribution >= 0.6 is 15.9 Å². The Morgan fingerprint density at radius 3 is 2.42 bits per heavy atom. The molecule has 6 heteroatoms. The highest BCUT2D eigenvalue weighted by molar-refractivity contribution is 9.10. The first-order valence-electron chi connectivity index (χ1n) is 5.87. The molecule has 0 radical (unpaired) electrons. The highest BCUT2D eigenvalue weighted by atomic mass is 79.9. The molecule has 0 bridgehead atoms. The van der Waals surface area contributed by atoms with Crippen molar-refractivity contribution in [3.05, 3.63) is 28.2 Å². The van der Waals surface area contributed by atoms with Gasteiger partial charge in [0.2, 0.25) is 0 Å². The molecular formula is C13H17BrN2O3. The Labute approximate surface area is 120 Å². The second-order valence-electron chi connectivity index (χ2n) is 4.62. The van der Waals surface area contributed by atoms with Crippen LogP contribution in [0, 0.1) is 12.8 Å². The number of benzene rings is 1. The summed E-state index contributed by atoms with van der Waals surface area (Å²) in [5.74, 6) is -1.23. The second-order valence-corrected chi connectivity index (χ2v) is 5.48. The summed E-state index contributed by atoms with van der Waals surface area (Å²) in [5, 5.41) is 14.0. The number of halogens is 1.